The molecule has 1 aliphatic rings. The van der Waals surface area contributed by atoms with Gasteiger partial charge in [0.15, 0.2) is 0 Å². The summed E-state index contributed by atoms with van der Waals surface area (Å²) in [5, 5.41) is 9.00. The second kappa shape index (κ2) is 9.30. The Kier molecular flexibility index (Phi) is 6.81. The number of nitrogens with one attached hydrogen (secondary N) is 1. The number of hydrogen-bond donors (Lipinski definition) is 1. The van der Waals surface area contributed by atoms with Crippen LogP contribution in [0.15, 0.2) is 48.5 Å². The fourth-order valence-electron chi connectivity index (χ4n) is 3.43. The molecule has 0 bridgehead atoms. The maximum Gasteiger partial charge on any atom is 0.215 e. The lowest BCUT2D eigenvalue weighted by Gasteiger charge is -2.35. The van der Waals surface area contributed by atoms with E-state index in [9.17, 15) is 8.42 Å². The molecule has 0 amide bonds. The molecule has 1 heterocycles. The lowest BCUT2D eigenvalue weighted by atomic mass is 10.0. The van der Waals surface area contributed by atoms with Gasteiger partial charge in [0, 0.05) is 25.7 Å². The third-order valence-corrected chi connectivity index (χ3v) is 6.14. The molecule has 1 fully saturated rings. The molecule has 0 spiro atoms. The van der Waals surface area contributed by atoms with E-state index in [1.54, 1.807) is 24.3 Å². The predicted octanol–water partition coefficient (Wildman–Crippen LogP) is 2.36. The molecule has 1 saturated heterocycles. The molecule has 0 saturated carbocycles. The van der Waals surface area contributed by atoms with Crippen molar-refractivity contribution in [2.45, 2.75) is 18.7 Å². The minimum atomic E-state index is -3.53. The first-order chi connectivity index (χ1) is 13.5. The molecule has 7 heteroatoms. The number of ether oxygens (including phenoxy) is 1. The first-order valence-corrected chi connectivity index (χ1v) is 11.0. The smallest absolute Gasteiger partial charge is 0.215 e. The summed E-state index contributed by atoms with van der Waals surface area (Å²) in [7, 11) is -3.53. The highest BCUT2D eigenvalue weighted by atomic mass is 32.2. The van der Waals surface area contributed by atoms with Crippen LogP contribution in [0.2, 0.25) is 0 Å². The van der Waals surface area contributed by atoms with Gasteiger partial charge in [0.25, 0.3) is 0 Å². The third kappa shape index (κ3) is 5.63. The lowest BCUT2D eigenvalue weighted by Crippen LogP contribution is -2.44. The monoisotopic (exact) mass is 399 g/mol. The van der Waals surface area contributed by atoms with Gasteiger partial charge in [-0.2, -0.15) is 5.26 Å². The first-order valence-electron chi connectivity index (χ1n) is 9.31. The maximum absolute atomic E-state index is 12.6. The Labute approximate surface area is 166 Å². The Morgan fingerprint density at radius 3 is 2.64 bits per heavy atom. The Hall–Kier alpha value is -2.24. The predicted molar refractivity (Wildman–Crippen MR) is 108 cm³/mol. The highest BCUT2D eigenvalue weighted by molar-refractivity contribution is 7.88. The number of rotatable bonds is 7. The molecule has 148 valence electrons. The van der Waals surface area contributed by atoms with Crippen molar-refractivity contribution in [1.29, 1.82) is 5.26 Å². The highest BCUT2D eigenvalue weighted by Gasteiger charge is 2.24. The van der Waals surface area contributed by atoms with Gasteiger partial charge in [-0.15, -0.1) is 0 Å². The van der Waals surface area contributed by atoms with Gasteiger partial charge < -0.3 is 4.74 Å². The molecule has 0 aliphatic carbocycles. The average molecular weight is 400 g/mol. The van der Waals surface area contributed by atoms with Crippen molar-refractivity contribution in [2.75, 3.05) is 32.8 Å². The first kappa shape index (κ1) is 20.5. The van der Waals surface area contributed by atoms with E-state index in [1.165, 1.54) is 0 Å². The SMILES string of the molecule is Cc1cccc(C(CNS(=O)(=O)Cc2cccc(C#N)c2)N2CCOCC2)c1. The van der Waals surface area contributed by atoms with Crippen molar-refractivity contribution in [3.05, 3.63) is 70.8 Å². The summed E-state index contributed by atoms with van der Waals surface area (Å²) in [6, 6.07) is 16.9. The maximum atomic E-state index is 12.6. The summed E-state index contributed by atoms with van der Waals surface area (Å²) in [4.78, 5) is 2.26. The van der Waals surface area contributed by atoms with E-state index in [1.807, 2.05) is 31.2 Å². The van der Waals surface area contributed by atoms with Crippen LogP contribution in [0.1, 0.15) is 28.3 Å². The summed E-state index contributed by atoms with van der Waals surface area (Å²) < 4.78 is 33.5. The number of sulfonamides is 1. The molecule has 3 rings (SSSR count). The Morgan fingerprint density at radius 1 is 1.18 bits per heavy atom. The van der Waals surface area contributed by atoms with Crippen LogP contribution in [0, 0.1) is 18.3 Å². The molecule has 1 atom stereocenters. The van der Waals surface area contributed by atoms with E-state index < -0.39 is 10.0 Å². The summed E-state index contributed by atoms with van der Waals surface area (Å²) in [6.07, 6.45) is 0. The third-order valence-electron chi connectivity index (χ3n) is 4.82. The van der Waals surface area contributed by atoms with Gasteiger partial charge in [-0.3, -0.25) is 4.90 Å². The zero-order valence-corrected chi connectivity index (χ0v) is 16.8. The van der Waals surface area contributed by atoms with E-state index in [-0.39, 0.29) is 11.8 Å². The van der Waals surface area contributed by atoms with Crippen molar-refractivity contribution in [1.82, 2.24) is 9.62 Å². The zero-order chi connectivity index (χ0) is 20.0. The standard InChI is InChI=1S/C21H25N3O3S/c1-17-4-2-7-20(12-17)21(24-8-10-27-11-9-24)15-23-28(25,26)16-19-6-3-5-18(13-19)14-22/h2-7,12-13,21,23H,8-11,15-16H2,1H3. The average Bonchev–Trinajstić information content (AvgIpc) is 2.69. The molecule has 6 nitrogen and oxygen atoms in total. The minimum absolute atomic E-state index is 0.0518. The topological polar surface area (TPSA) is 82.4 Å². The Morgan fingerprint density at radius 2 is 1.93 bits per heavy atom. The normalized spacial score (nSPS) is 16.4. The molecular formula is C21H25N3O3S. The molecule has 28 heavy (non-hydrogen) atoms. The Balaban J connectivity index is 1.73. The van der Waals surface area contributed by atoms with Crippen LogP contribution in [0.25, 0.3) is 0 Å². The van der Waals surface area contributed by atoms with E-state index in [0.29, 0.717) is 30.9 Å². The van der Waals surface area contributed by atoms with Crippen LogP contribution in [-0.2, 0) is 20.5 Å². The van der Waals surface area contributed by atoms with Crippen LogP contribution in [-0.4, -0.2) is 46.2 Å². The summed E-state index contributed by atoms with van der Waals surface area (Å²) in [6.45, 7) is 5.16. The molecule has 1 aliphatic heterocycles. The van der Waals surface area contributed by atoms with Gasteiger partial charge in [0.05, 0.1) is 30.6 Å². The minimum Gasteiger partial charge on any atom is -0.379 e. The van der Waals surface area contributed by atoms with Crippen molar-refractivity contribution < 1.29 is 13.2 Å². The molecule has 1 N–H and O–H groups in total. The van der Waals surface area contributed by atoms with E-state index in [2.05, 4.69) is 15.7 Å². The summed E-state index contributed by atoms with van der Waals surface area (Å²) in [5.74, 6) is -0.147. The largest absolute Gasteiger partial charge is 0.379 e. The second-order valence-electron chi connectivity index (χ2n) is 7.00. The van der Waals surface area contributed by atoms with Crippen LogP contribution in [0.5, 0.6) is 0 Å². The number of hydrogen-bond acceptors (Lipinski definition) is 5. The second-order valence-corrected chi connectivity index (χ2v) is 8.80. The molecule has 1 unspecified atom stereocenters. The molecule has 2 aromatic rings. The fraction of sp³-hybridized carbons (Fsp3) is 0.381. The molecule has 2 aromatic carbocycles. The van der Waals surface area contributed by atoms with E-state index in [0.717, 1.165) is 24.2 Å². The van der Waals surface area contributed by atoms with Crippen LogP contribution >= 0.6 is 0 Å². The number of benzene rings is 2. The number of aryl methyl sites for hydroxylation is 1. The van der Waals surface area contributed by atoms with Gasteiger partial charge in [-0.25, -0.2) is 13.1 Å². The zero-order valence-electron chi connectivity index (χ0n) is 16.0. The Bertz CT molecular complexity index is 947. The lowest BCUT2D eigenvalue weighted by molar-refractivity contribution is 0.0172. The van der Waals surface area contributed by atoms with Gasteiger partial charge in [-0.1, -0.05) is 42.0 Å². The van der Waals surface area contributed by atoms with Crippen molar-refractivity contribution in [3.8, 4) is 6.07 Å². The van der Waals surface area contributed by atoms with E-state index in [4.69, 9.17) is 10.00 Å². The highest BCUT2D eigenvalue weighted by Crippen LogP contribution is 2.22. The number of morpholine rings is 1. The number of nitrogens with zero attached hydrogens (tertiary/aromatic N) is 2. The molecular weight excluding hydrogens is 374 g/mol. The quantitative estimate of drug-likeness (QED) is 0.773. The molecule has 0 radical (unpaired) electrons. The van der Waals surface area contributed by atoms with Crippen molar-refractivity contribution in [3.63, 3.8) is 0 Å². The van der Waals surface area contributed by atoms with Gasteiger partial charge in [0.2, 0.25) is 10.0 Å². The summed E-state index contributed by atoms with van der Waals surface area (Å²) in [5.41, 5.74) is 3.30. The number of nitriles is 1. The van der Waals surface area contributed by atoms with Crippen molar-refractivity contribution in [2.24, 2.45) is 0 Å². The molecule has 0 aromatic heterocycles. The fourth-order valence-corrected chi connectivity index (χ4v) is 4.56. The van der Waals surface area contributed by atoms with Crippen LogP contribution < -0.4 is 4.72 Å². The van der Waals surface area contributed by atoms with Gasteiger partial charge >= 0.3 is 0 Å². The summed E-state index contributed by atoms with van der Waals surface area (Å²) >= 11 is 0. The van der Waals surface area contributed by atoms with E-state index >= 15 is 0 Å². The van der Waals surface area contributed by atoms with Gasteiger partial charge in [0.1, 0.15) is 0 Å². The van der Waals surface area contributed by atoms with Crippen LogP contribution in [0.4, 0.5) is 0 Å². The van der Waals surface area contributed by atoms with Gasteiger partial charge in [-0.05, 0) is 30.2 Å². The van der Waals surface area contributed by atoms with Crippen LogP contribution in [0.3, 0.4) is 0 Å². The van der Waals surface area contributed by atoms with Crippen molar-refractivity contribution >= 4 is 10.0 Å².